The van der Waals surface area contributed by atoms with Gasteiger partial charge in [-0.1, -0.05) is 18.2 Å². The number of methoxy groups -OCH3 is 1. The van der Waals surface area contributed by atoms with Crippen molar-refractivity contribution >= 4 is 5.65 Å². The number of nitrogens with zero attached hydrogens (tertiary/aromatic N) is 5. The molecule has 1 fully saturated rings. The summed E-state index contributed by atoms with van der Waals surface area (Å²) in [5.74, 6) is 2.20. The second-order valence-electron chi connectivity index (χ2n) is 7.85. The van der Waals surface area contributed by atoms with E-state index in [0.29, 0.717) is 5.92 Å². The number of rotatable bonds is 5. The van der Waals surface area contributed by atoms with Gasteiger partial charge in [-0.15, -0.1) is 0 Å². The quantitative estimate of drug-likeness (QED) is 0.504. The van der Waals surface area contributed by atoms with E-state index in [1.54, 1.807) is 13.3 Å². The second kappa shape index (κ2) is 8.24. The standard InChI is InChI=1S/C24H25N5O/c1-30-22-9-6-18(7-10-22)15-28-13-3-5-21(16-28)24-26-23-11-8-20(17-29(23)27-24)19-4-2-12-25-14-19/h2,4,6-12,14,17,21H,3,5,13,15-16H2,1H3/t21-/m0/s1. The van der Waals surface area contributed by atoms with Gasteiger partial charge in [-0.2, -0.15) is 5.10 Å². The van der Waals surface area contributed by atoms with Crippen LogP contribution in [0.2, 0.25) is 0 Å². The summed E-state index contributed by atoms with van der Waals surface area (Å²) in [4.78, 5) is 11.5. The highest BCUT2D eigenvalue weighted by Gasteiger charge is 2.25. The van der Waals surface area contributed by atoms with Crippen molar-refractivity contribution in [3.8, 4) is 16.9 Å². The normalized spacial score (nSPS) is 17.3. The number of pyridine rings is 2. The molecule has 1 aliphatic heterocycles. The predicted octanol–water partition coefficient (Wildman–Crippen LogP) is 4.18. The molecule has 0 bridgehead atoms. The molecule has 1 saturated heterocycles. The fourth-order valence-electron chi connectivity index (χ4n) is 4.18. The average molecular weight is 399 g/mol. The first kappa shape index (κ1) is 18.8. The molecule has 30 heavy (non-hydrogen) atoms. The van der Waals surface area contributed by atoms with Gasteiger partial charge in [-0.05, 0) is 55.3 Å². The summed E-state index contributed by atoms with van der Waals surface area (Å²) in [6.07, 6.45) is 8.00. The van der Waals surface area contributed by atoms with Gasteiger partial charge >= 0.3 is 0 Å². The zero-order valence-electron chi connectivity index (χ0n) is 17.1. The summed E-state index contributed by atoms with van der Waals surface area (Å²) < 4.78 is 7.17. The summed E-state index contributed by atoms with van der Waals surface area (Å²) >= 11 is 0. The van der Waals surface area contributed by atoms with E-state index in [0.717, 1.165) is 60.8 Å². The van der Waals surface area contributed by atoms with Crippen molar-refractivity contribution < 1.29 is 4.74 Å². The summed E-state index contributed by atoms with van der Waals surface area (Å²) in [7, 11) is 1.70. The molecule has 1 aliphatic rings. The molecule has 0 spiro atoms. The van der Waals surface area contributed by atoms with Gasteiger partial charge in [0.25, 0.3) is 0 Å². The maximum atomic E-state index is 5.26. The summed E-state index contributed by atoms with van der Waals surface area (Å²) in [5, 5.41) is 4.83. The molecule has 0 saturated carbocycles. The minimum Gasteiger partial charge on any atom is -0.497 e. The van der Waals surface area contributed by atoms with E-state index in [1.807, 2.05) is 41.2 Å². The molecule has 0 aliphatic carbocycles. The van der Waals surface area contributed by atoms with Gasteiger partial charge in [0, 0.05) is 48.7 Å². The van der Waals surface area contributed by atoms with Crippen molar-refractivity contribution in [1.29, 1.82) is 0 Å². The highest BCUT2D eigenvalue weighted by atomic mass is 16.5. The summed E-state index contributed by atoms with van der Waals surface area (Å²) in [6.45, 7) is 3.04. The minimum absolute atomic E-state index is 0.360. The summed E-state index contributed by atoms with van der Waals surface area (Å²) in [5.41, 5.74) is 4.38. The van der Waals surface area contributed by atoms with Gasteiger partial charge in [0.05, 0.1) is 7.11 Å². The molecular formula is C24H25N5O. The first-order valence-electron chi connectivity index (χ1n) is 10.4. The maximum Gasteiger partial charge on any atom is 0.156 e. The molecule has 4 heterocycles. The Morgan fingerprint density at radius 2 is 1.97 bits per heavy atom. The van der Waals surface area contributed by atoms with E-state index < -0.39 is 0 Å². The second-order valence-corrected chi connectivity index (χ2v) is 7.85. The van der Waals surface area contributed by atoms with Crippen LogP contribution in [0.25, 0.3) is 16.8 Å². The van der Waals surface area contributed by atoms with Crippen molar-refractivity contribution in [2.45, 2.75) is 25.3 Å². The van der Waals surface area contributed by atoms with Crippen molar-refractivity contribution in [2.75, 3.05) is 20.2 Å². The Balaban J connectivity index is 1.32. The van der Waals surface area contributed by atoms with E-state index in [1.165, 1.54) is 5.56 Å². The van der Waals surface area contributed by atoms with Crippen molar-refractivity contribution in [3.63, 3.8) is 0 Å². The number of hydrogen-bond donors (Lipinski definition) is 0. The molecule has 152 valence electrons. The maximum absolute atomic E-state index is 5.26. The lowest BCUT2D eigenvalue weighted by Crippen LogP contribution is -2.34. The predicted molar refractivity (Wildman–Crippen MR) is 116 cm³/mol. The number of benzene rings is 1. The minimum atomic E-state index is 0.360. The van der Waals surface area contributed by atoms with Crippen LogP contribution in [-0.4, -0.2) is 44.7 Å². The third-order valence-electron chi connectivity index (χ3n) is 5.78. The highest BCUT2D eigenvalue weighted by Crippen LogP contribution is 2.27. The number of fused-ring (bicyclic) bond motifs is 1. The van der Waals surface area contributed by atoms with Crippen LogP contribution >= 0.6 is 0 Å². The van der Waals surface area contributed by atoms with Gasteiger partial charge in [0.15, 0.2) is 11.5 Å². The van der Waals surface area contributed by atoms with Crippen LogP contribution < -0.4 is 4.74 Å². The fourth-order valence-corrected chi connectivity index (χ4v) is 4.18. The molecule has 1 aromatic carbocycles. The van der Waals surface area contributed by atoms with E-state index in [2.05, 4.69) is 34.1 Å². The zero-order chi connectivity index (χ0) is 20.3. The van der Waals surface area contributed by atoms with Crippen LogP contribution in [-0.2, 0) is 6.54 Å². The molecule has 1 atom stereocenters. The van der Waals surface area contributed by atoms with Crippen molar-refractivity contribution in [3.05, 3.63) is 78.5 Å². The number of ether oxygens (including phenoxy) is 1. The monoisotopic (exact) mass is 399 g/mol. The van der Waals surface area contributed by atoms with Crippen LogP contribution in [0.1, 0.15) is 30.1 Å². The third kappa shape index (κ3) is 3.91. The topological polar surface area (TPSA) is 55.5 Å². The van der Waals surface area contributed by atoms with Gasteiger partial charge in [-0.3, -0.25) is 9.88 Å². The third-order valence-corrected chi connectivity index (χ3v) is 5.78. The molecule has 0 unspecified atom stereocenters. The molecule has 4 aromatic rings. The van der Waals surface area contributed by atoms with E-state index in [-0.39, 0.29) is 0 Å². The van der Waals surface area contributed by atoms with E-state index in [9.17, 15) is 0 Å². The van der Waals surface area contributed by atoms with Gasteiger partial charge in [0.2, 0.25) is 0 Å². The number of hydrogen-bond acceptors (Lipinski definition) is 5. The smallest absolute Gasteiger partial charge is 0.156 e. The Bertz CT molecular complexity index is 1120. The lowest BCUT2D eigenvalue weighted by Gasteiger charge is -2.31. The number of piperidine rings is 1. The molecule has 0 amide bonds. The Hall–Kier alpha value is -3.25. The largest absolute Gasteiger partial charge is 0.497 e. The van der Waals surface area contributed by atoms with Gasteiger partial charge in [-0.25, -0.2) is 9.50 Å². The lowest BCUT2D eigenvalue weighted by atomic mass is 9.97. The molecule has 6 nitrogen and oxygen atoms in total. The lowest BCUT2D eigenvalue weighted by molar-refractivity contribution is 0.196. The first-order chi connectivity index (χ1) is 14.8. The molecule has 3 aromatic heterocycles. The molecule has 5 rings (SSSR count). The van der Waals surface area contributed by atoms with Crippen LogP contribution in [0.5, 0.6) is 5.75 Å². The van der Waals surface area contributed by atoms with Crippen molar-refractivity contribution in [1.82, 2.24) is 24.5 Å². The molecule has 0 N–H and O–H groups in total. The summed E-state index contributed by atoms with van der Waals surface area (Å²) in [6, 6.07) is 16.5. The Labute approximate surface area is 176 Å². The van der Waals surface area contributed by atoms with Crippen LogP contribution in [0, 0.1) is 0 Å². The van der Waals surface area contributed by atoms with E-state index >= 15 is 0 Å². The van der Waals surface area contributed by atoms with Gasteiger partial charge in [0.1, 0.15) is 5.75 Å². The van der Waals surface area contributed by atoms with Crippen LogP contribution in [0.3, 0.4) is 0 Å². The SMILES string of the molecule is COc1ccc(CN2CCC[C@H](c3nc4ccc(-c5cccnc5)cn4n3)C2)cc1. The molecular weight excluding hydrogens is 374 g/mol. The Kier molecular flexibility index (Phi) is 5.15. The van der Waals surface area contributed by atoms with Crippen LogP contribution in [0.15, 0.2) is 67.1 Å². The fraction of sp³-hybridized carbons (Fsp3) is 0.292. The van der Waals surface area contributed by atoms with Crippen molar-refractivity contribution in [2.24, 2.45) is 0 Å². The van der Waals surface area contributed by atoms with Gasteiger partial charge < -0.3 is 4.74 Å². The number of likely N-dealkylation sites (tertiary alicyclic amines) is 1. The number of aromatic nitrogens is 4. The Morgan fingerprint density at radius 3 is 2.77 bits per heavy atom. The Morgan fingerprint density at radius 1 is 1.07 bits per heavy atom. The first-order valence-corrected chi connectivity index (χ1v) is 10.4. The highest BCUT2D eigenvalue weighted by molar-refractivity contribution is 5.63. The molecule has 6 heteroatoms. The van der Waals surface area contributed by atoms with Crippen LogP contribution in [0.4, 0.5) is 0 Å². The van der Waals surface area contributed by atoms with E-state index in [4.69, 9.17) is 14.8 Å². The zero-order valence-corrected chi connectivity index (χ0v) is 17.1. The average Bonchev–Trinajstić information content (AvgIpc) is 3.24. The molecule has 0 radical (unpaired) electrons.